The molecule has 0 aliphatic rings. The number of ether oxygens (including phenoxy) is 1. The van der Waals surface area contributed by atoms with Gasteiger partial charge in [0.1, 0.15) is 18.9 Å². The van der Waals surface area contributed by atoms with E-state index >= 15 is 0 Å². The summed E-state index contributed by atoms with van der Waals surface area (Å²) in [5.74, 6) is 0.150. The molecule has 3 rings (SSSR count). The Morgan fingerprint density at radius 1 is 0.875 bits per heavy atom. The summed E-state index contributed by atoms with van der Waals surface area (Å²) in [5, 5.41) is 2.60. The van der Waals surface area contributed by atoms with Crippen molar-refractivity contribution in [3.63, 3.8) is 0 Å². The first-order chi connectivity index (χ1) is 15.1. The Morgan fingerprint density at radius 3 is 2.09 bits per heavy atom. The Morgan fingerprint density at radius 2 is 1.50 bits per heavy atom. The number of hydrogen-bond donors (Lipinski definition) is 2. The van der Waals surface area contributed by atoms with Gasteiger partial charge in [-0.3, -0.25) is 4.79 Å². The second-order valence-corrected chi connectivity index (χ2v) is 8.48. The van der Waals surface area contributed by atoms with E-state index in [1.165, 1.54) is 16.9 Å². The molecule has 0 aliphatic carbocycles. The number of hydrogen-bond acceptors (Lipinski definition) is 4. The fourth-order valence-electron chi connectivity index (χ4n) is 2.62. The van der Waals surface area contributed by atoms with Crippen LogP contribution in [0.3, 0.4) is 0 Å². The van der Waals surface area contributed by atoms with Gasteiger partial charge in [-0.1, -0.05) is 30.3 Å². The number of sulfonamides is 1. The van der Waals surface area contributed by atoms with Gasteiger partial charge in [-0.05, 0) is 54.1 Å². The third-order valence-electron chi connectivity index (χ3n) is 4.25. The molecule has 0 heterocycles. The van der Waals surface area contributed by atoms with Gasteiger partial charge >= 0.3 is 6.18 Å². The Bertz CT molecular complexity index is 1150. The van der Waals surface area contributed by atoms with Crippen LogP contribution in [-0.4, -0.2) is 27.0 Å². The van der Waals surface area contributed by atoms with Crippen LogP contribution in [0.1, 0.15) is 15.9 Å². The van der Waals surface area contributed by atoms with E-state index in [4.69, 9.17) is 4.74 Å². The number of carbonyl (C=O) groups is 1. The van der Waals surface area contributed by atoms with E-state index in [0.29, 0.717) is 17.9 Å². The SMILES string of the molecule is O=C(Nc1ccc(S(=O)(=O)NCC(F)(F)F)cc1)c1ccc(OCc2ccccc2)cc1. The summed E-state index contributed by atoms with van der Waals surface area (Å²) in [7, 11) is -4.32. The lowest BCUT2D eigenvalue weighted by atomic mass is 10.2. The molecule has 2 N–H and O–H groups in total. The number of benzene rings is 3. The second-order valence-electron chi connectivity index (χ2n) is 6.72. The van der Waals surface area contributed by atoms with Crippen molar-refractivity contribution in [2.45, 2.75) is 17.7 Å². The summed E-state index contributed by atoms with van der Waals surface area (Å²) in [5.41, 5.74) is 1.64. The van der Waals surface area contributed by atoms with Gasteiger partial charge < -0.3 is 10.1 Å². The molecule has 0 saturated carbocycles. The van der Waals surface area contributed by atoms with E-state index in [2.05, 4.69) is 5.32 Å². The number of halogens is 3. The molecule has 10 heteroatoms. The number of amides is 1. The molecule has 6 nitrogen and oxygen atoms in total. The van der Waals surface area contributed by atoms with E-state index in [1.807, 2.05) is 30.3 Å². The number of rotatable bonds is 8. The average Bonchev–Trinajstić information content (AvgIpc) is 2.77. The van der Waals surface area contributed by atoms with Crippen molar-refractivity contribution in [3.8, 4) is 5.75 Å². The molecule has 0 aliphatic heterocycles. The molecule has 0 fully saturated rings. The summed E-state index contributed by atoms with van der Waals surface area (Å²) in [6, 6.07) is 20.9. The minimum atomic E-state index is -4.66. The third-order valence-corrected chi connectivity index (χ3v) is 5.67. The minimum absolute atomic E-state index is 0.286. The lowest BCUT2D eigenvalue weighted by Crippen LogP contribution is -2.33. The number of anilines is 1. The zero-order valence-corrected chi connectivity index (χ0v) is 17.4. The maximum Gasteiger partial charge on any atom is 0.402 e. The predicted molar refractivity (Wildman–Crippen MR) is 113 cm³/mol. The molecular formula is C22H19F3N2O4S. The minimum Gasteiger partial charge on any atom is -0.489 e. The number of nitrogens with one attached hydrogen (secondary N) is 2. The van der Waals surface area contributed by atoms with Crippen molar-refractivity contribution in [2.24, 2.45) is 0 Å². The summed E-state index contributed by atoms with van der Waals surface area (Å²) in [4.78, 5) is 12.0. The molecule has 0 unspecified atom stereocenters. The van der Waals surface area contributed by atoms with Crippen LogP contribution < -0.4 is 14.8 Å². The molecule has 3 aromatic rings. The second kappa shape index (κ2) is 9.84. The van der Waals surface area contributed by atoms with E-state index in [1.54, 1.807) is 24.3 Å². The molecule has 0 aromatic heterocycles. The Kier molecular flexibility index (Phi) is 7.16. The van der Waals surface area contributed by atoms with Crippen molar-refractivity contribution in [2.75, 3.05) is 11.9 Å². The fourth-order valence-corrected chi connectivity index (χ4v) is 3.64. The first-order valence-electron chi connectivity index (χ1n) is 9.37. The monoisotopic (exact) mass is 464 g/mol. The highest BCUT2D eigenvalue weighted by molar-refractivity contribution is 7.89. The first-order valence-corrected chi connectivity index (χ1v) is 10.9. The van der Waals surface area contributed by atoms with E-state index < -0.39 is 28.7 Å². The maximum atomic E-state index is 12.4. The largest absolute Gasteiger partial charge is 0.489 e. The Labute approximate surface area is 183 Å². The van der Waals surface area contributed by atoms with Gasteiger partial charge in [-0.2, -0.15) is 13.2 Å². The van der Waals surface area contributed by atoms with Gasteiger partial charge in [0.2, 0.25) is 10.0 Å². The molecule has 1 amide bonds. The average molecular weight is 464 g/mol. The van der Waals surface area contributed by atoms with Gasteiger partial charge in [-0.15, -0.1) is 0 Å². The van der Waals surface area contributed by atoms with E-state index in [0.717, 1.165) is 17.7 Å². The molecule has 168 valence electrons. The van der Waals surface area contributed by atoms with E-state index in [9.17, 15) is 26.4 Å². The zero-order valence-electron chi connectivity index (χ0n) is 16.6. The van der Waals surface area contributed by atoms with Crippen molar-refractivity contribution in [1.29, 1.82) is 0 Å². The van der Waals surface area contributed by atoms with E-state index in [-0.39, 0.29) is 10.6 Å². The summed E-state index contributed by atoms with van der Waals surface area (Å²) in [6.07, 6.45) is -4.66. The van der Waals surface area contributed by atoms with Crippen LogP contribution in [0.5, 0.6) is 5.75 Å². The van der Waals surface area contributed by atoms with Gasteiger partial charge in [0.25, 0.3) is 5.91 Å². The summed E-state index contributed by atoms with van der Waals surface area (Å²) >= 11 is 0. The van der Waals surface area contributed by atoms with Crippen molar-refractivity contribution < 1.29 is 31.1 Å². The van der Waals surface area contributed by atoms with Crippen LogP contribution >= 0.6 is 0 Å². The quantitative estimate of drug-likeness (QED) is 0.519. The molecule has 32 heavy (non-hydrogen) atoms. The van der Waals surface area contributed by atoms with Crippen LogP contribution in [0.25, 0.3) is 0 Å². The molecule has 0 spiro atoms. The van der Waals surface area contributed by atoms with Crippen LogP contribution in [0.4, 0.5) is 18.9 Å². The van der Waals surface area contributed by atoms with Gasteiger partial charge in [0, 0.05) is 11.3 Å². The van der Waals surface area contributed by atoms with Gasteiger partial charge in [0.05, 0.1) is 4.90 Å². The van der Waals surface area contributed by atoms with Crippen LogP contribution in [0.2, 0.25) is 0 Å². The predicted octanol–water partition coefficient (Wildman–Crippen LogP) is 4.36. The van der Waals surface area contributed by atoms with Gasteiger partial charge in [-0.25, -0.2) is 13.1 Å². The summed E-state index contributed by atoms with van der Waals surface area (Å²) in [6.45, 7) is -1.28. The zero-order chi connectivity index (χ0) is 23.2. The lowest BCUT2D eigenvalue weighted by molar-refractivity contribution is -0.121. The highest BCUT2D eigenvalue weighted by Gasteiger charge is 2.30. The molecule has 0 atom stereocenters. The Balaban J connectivity index is 1.57. The highest BCUT2D eigenvalue weighted by Crippen LogP contribution is 2.19. The molecule has 0 bridgehead atoms. The standard InChI is InChI=1S/C22H19F3N2O4S/c23-22(24,25)15-26-32(29,30)20-12-8-18(9-13-20)27-21(28)17-6-10-19(11-7-17)31-14-16-4-2-1-3-5-16/h1-13,26H,14-15H2,(H,27,28). The van der Waals surface area contributed by atoms with Gasteiger partial charge in [0.15, 0.2) is 0 Å². The molecule has 0 saturated heterocycles. The maximum absolute atomic E-state index is 12.4. The Hall–Kier alpha value is -3.37. The fraction of sp³-hybridized carbons (Fsp3) is 0.136. The van der Waals surface area contributed by atoms with Crippen LogP contribution in [-0.2, 0) is 16.6 Å². The highest BCUT2D eigenvalue weighted by atomic mass is 32.2. The third kappa shape index (κ3) is 6.82. The smallest absolute Gasteiger partial charge is 0.402 e. The number of alkyl halides is 3. The van der Waals surface area contributed by atoms with Crippen molar-refractivity contribution in [1.82, 2.24) is 4.72 Å². The van der Waals surface area contributed by atoms with Crippen molar-refractivity contribution in [3.05, 3.63) is 90.0 Å². The number of carbonyl (C=O) groups excluding carboxylic acids is 1. The molecule has 0 radical (unpaired) electrons. The topological polar surface area (TPSA) is 84.5 Å². The first kappa shape index (κ1) is 23.3. The molecule has 3 aromatic carbocycles. The van der Waals surface area contributed by atoms with Crippen molar-refractivity contribution >= 4 is 21.6 Å². The summed E-state index contributed by atoms with van der Waals surface area (Å²) < 4.78 is 67.6. The normalized spacial score (nSPS) is 11.7. The lowest BCUT2D eigenvalue weighted by Gasteiger charge is -2.10. The molecular weight excluding hydrogens is 445 g/mol. The van der Waals surface area contributed by atoms with Crippen LogP contribution in [0.15, 0.2) is 83.8 Å². The van der Waals surface area contributed by atoms with Crippen LogP contribution in [0, 0.1) is 0 Å².